The lowest BCUT2D eigenvalue weighted by Crippen LogP contribution is -2.26. The van der Waals surface area contributed by atoms with Gasteiger partial charge in [0.05, 0.1) is 16.7 Å². The number of aromatic nitrogens is 3. The van der Waals surface area contributed by atoms with Gasteiger partial charge in [0.25, 0.3) is 11.6 Å². The SMILES string of the molecule is C[C@H](NC(=O)c1ccc(Cl)c([N+](=O)[O-])c1)c1ccc(-n2cncn2)cc1. The van der Waals surface area contributed by atoms with E-state index in [4.69, 9.17) is 11.6 Å². The van der Waals surface area contributed by atoms with Gasteiger partial charge in [0, 0.05) is 11.6 Å². The van der Waals surface area contributed by atoms with Crippen LogP contribution in [0.5, 0.6) is 0 Å². The number of nitro benzene ring substituents is 1. The summed E-state index contributed by atoms with van der Waals surface area (Å²) in [6.07, 6.45) is 3.04. The minimum Gasteiger partial charge on any atom is -0.346 e. The fourth-order valence-corrected chi connectivity index (χ4v) is 2.60. The topological polar surface area (TPSA) is 103 Å². The van der Waals surface area contributed by atoms with E-state index >= 15 is 0 Å². The Morgan fingerprint density at radius 3 is 2.62 bits per heavy atom. The van der Waals surface area contributed by atoms with Crippen molar-refractivity contribution in [3.63, 3.8) is 0 Å². The van der Waals surface area contributed by atoms with Crippen LogP contribution in [0.3, 0.4) is 0 Å². The quantitative estimate of drug-likeness (QED) is 0.547. The van der Waals surface area contributed by atoms with Gasteiger partial charge < -0.3 is 5.32 Å². The van der Waals surface area contributed by atoms with Gasteiger partial charge in [-0.25, -0.2) is 9.67 Å². The second kappa shape index (κ2) is 7.32. The molecule has 2 aromatic carbocycles. The molecular formula is C17H14ClN5O3. The molecule has 0 aliphatic carbocycles. The minimum absolute atomic E-state index is 0.0108. The molecule has 0 aliphatic rings. The van der Waals surface area contributed by atoms with Gasteiger partial charge in [-0.2, -0.15) is 5.10 Å². The number of nitrogens with one attached hydrogen (secondary N) is 1. The van der Waals surface area contributed by atoms with Crippen LogP contribution >= 0.6 is 11.6 Å². The van der Waals surface area contributed by atoms with Crippen LogP contribution in [-0.2, 0) is 0 Å². The molecule has 8 nitrogen and oxygen atoms in total. The van der Waals surface area contributed by atoms with E-state index in [0.717, 1.165) is 17.3 Å². The molecule has 3 rings (SSSR count). The number of halogens is 1. The van der Waals surface area contributed by atoms with E-state index in [2.05, 4.69) is 15.4 Å². The Kier molecular flexibility index (Phi) is 4.94. The van der Waals surface area contributed by atoms with Crippen molar-refractivity contribution < 1.29 is 9.72 Å². The van der Waals surface area contributed by atoms with Crippen molar-refractivity contribution in [2.24, 2.45) is 0 Å². The monoisotopic (exact) mass is 371 g/mol. The van der Waals surface area contributed by atoms with Crippen LogP contribution in [0.1, 0.15) is 28.9 Å². The first-order valence-electron chi connectivity index (χ1n) is 7.65. The van der Waals surface area contributed by atoms with Crippen LogP contribution in [-0.4, -0.2) is 25.6 Å². The van der Waals surface area contributed by atoms with E-state index in [1.807, 2.05) is 31.2 Å². The molecule has 1 N–H and O–H groups in total. The summed E-state index contributed by atoms with van der Waals surface area (Å²) in [5.41, 5.74) is 1.60. The first-order chi connectivity index (χ1) is 12.5. The molecule has 3 aromatic rings. The molecule has 0 aliphatic heterocycles. The lowest BCUT2D eigenvalue weighted by Gasteiger charge is -2.15. The summed E-state index contributed by atoms with van der Waals surface area (Å²) >= 11 is 5.77. The summed E-state index contributed by atoms with van der Waals surface area (Å²) in [5.74, 6) is -0.419. The molecule has 0 fully saturated rings. The summed E-state index contributed by atoms with van der Waals surface area (Å²) in [7, 11) is 0. The predicted molar refractivity (Wildman–Crippen MR) is 95.3 cm³/mol. The van der Waals surface area contributed by atoms with Gasteiger partial charge in [-0.05, 0) is 36.8 Å². The normalized spacial score (nSPS) is 11.8. The van der Waals surface area contributed by atoms with Crippen molar-refractivity contribution >= 4 is 23.2 Å². The van der Waals surface area contributed by atoms with Crippen LogP contribution in [0.4, 0.5) is 5.69 Å². The van der Waals surface area contributed by atoms with E-state index in [9.17, 15) is 14.9 Å². The maximum atomic E-state index is 12.4. The molecule has 0 unspecified atom stereocenters. The average Bonchev–Trinajstić information content (AvgIpc) is 3.16. The largest absolute Gasteiger partial charge is 0.346 e. The molecule has 0 saturated carbocycles. The zero-order valence-corrected chi connectivity index (χ0v) is 14.4. The highest BCUT2D eigenvalue weighted by molar-refractivity contribution is 6.32. The fourth-order valence-electron chi connectivity index (χ4n) is 2.41. The number of hydrogen-bond acceptors (Lipinski definition) is 5. The number of nitrogens with zero attached hydrogens (tertiary/aromatic N) is 4. The second-order valence-electron chi connectivity index (χ2n) is 5.55. The summed E-state index contributed by atoms with van der Waals surface area (Å²) in [6, 6.07) is 11.1. The van der Waals surface area contributed by atoms with Crippen molar-refractivity contribution in [3.8, 4) is 5.69 Å². The van der Waals surface area contributed by atoms with Crippen molar-refractivity contribution in [2.45, 2.75) is 13.0 Å². The van der Waals surface area contributed by atoms with Crippen LogP contribution in [0, 0.1) is 10.1 Å². The van der Waals surface area contributed by atoms with Gasteiger partial charge in [0.1, 0.15) is 17.7 Å². The maximum absolute atomic E-state index is 12.4. The number of carbonyl (C=O) groups is 1. The molecule has 0 spiro atoms. The standard InChI is InChI=1S/C17H14ClN5O3/c1-11(12-2-5-14(6-3-12)22-10-19-9-20-22)21-17(24)13-4-7-15(18)16(8-13)23(25)26/h2-11H,1H3,(H,21,24)/t11-/m0/s1. The van der Waals surface area contributed by atoms with E-state index < -0.39 is 10.8 Å². The lowest BCUT2D eigenvalue weighted by atomic mass is 10.1. The van der Waals surface area contributed by atoms with Gasteiger partial charge in [-0.3, -0.25) is 14.9 Å². The van der Waals surface area contributed by atoms with Crippen molar-refractivity contribution in [1.29, 1.82) is 0 Å². The van der Waals surface area contributed by atoms with Gasteiger partial charge in [0.15, 0.2) is 0 Å². The highest BCUT2D eigenvalue weighted by Crippen LogP contribution is 2.25. The Morgan fingerprint density at radius 1 is 1.27 bits per heavy atom. The van der Waals surface area contributed by atoms with Gasteiger partial charge in [-0.1, -0.05) is 23.7 Å². The van der Waals surface area contributed by atoms with Gasteiger partial charge >= 0.3 is 0 Å². The molecule has 0 bridgehead atoms. The Hall–Kier alpha value is -3.26. The fraction of sp³-hybridized carbons (Fsp3) is 0.118. The highest BCUT2D eigenvalue weighted by Gasteiger charge is 2.18. The van der Waals surface area contributed by atoms with E-state index in [1.54, 1.807) is 11.0 Å². The molecule has 0 radical (unpaired) electrons. The molecule has 9 heteroatoms. The van der Waals surface area contributed by atoms with Gasteiger partial charge in [0.2, 0.25) is 0 Å². The van der Waals surface area contributed by atoms with E-state index in [0.29, 0.717) is 0 Å². The molecule has 132 valence electrons. The average molecular weight is 372 g/mol. The van der Waals surface area contributed by atoms with E-state index in [1.165, 1.54) is 18.5 Å². The van der Waals surface area contributed by atoms with Crippen molar-refractivity contribution in [2.75, 3.05) is 0 Å². The Balaban J connectivity index is 1.73. The Bertz CT molecular complexity index is 942. The number of amides is 1. The first-order valence-corrected chi connectivity index (χ1v) is 8.03. The molecular weight excluding hydrogens is 358 g/mol. The van der Waals surface area contributed by atoms with Crippen molar-refractivity contribution in [1.82, 2.24) is 20.1 Å². The predicted octanol–water partition coefficient (Wildman–Crippen LogP) is 3.32. The highest BCUT2D eigenvalue weighted by atomic mass is 35.5. The zero-order valence-electron chi connectivity index (χ0n) is 13.7. The van der Waals surface area contributed by atoms with Crippen molar-refractivity contribution in [3.05, 3.63) is 81.4 Å². The summed E-state index contributed by atoms with van der Waals surface area (Å²) < 4.78 is 1.62. The number of hydrogen-bond donors (Lipinski definition) is 1. The Morgan fingerprint density at radius 2 is 2.00 bits per heavy atom. The zero-order chi connectivity index (χ0) is 18.7. The number of rotatable bonds is 5. The third-order valence-corrected chi connectivity index (χ3v) is 4.15. The van der Waals surface area contributed by atoms with Gasteiger partial charge in [-0.15, -0.1) is 0 Å². The lowest BCUT2D eigenvalue weighted by molar-refractivity contribution is -0.384. The third kappa shape index (κ3) is 3.70. The molecule has 1 aromatic heterocycles. The maximum Gasteiger partial charge on any atom is 0.288 e. The minimum atomic E-state index is -0.620. The van der Waals surface area contributed by atoms with Crippen LogP contribution < -0.4 is 5.32 Å². The number of carbonyl (C=O) groups excluding carboxylic acids is 1. The van der Waals surface area contributed by atoms with Crippen LogP contribution in [0.15, 0.2) is 55.1 Å². The molecule has 1 heterocycles. The number of benzene rings is 2. The molecule has 0 saturated heterocycles. The summed E-state index contributed by atoms with van der Waals surface area (Å²) in [6.45, 7) is 1.83. The first kappa shape index (κ1) is 17.6. The smallest absolute Gasteiger partial charge is 0.288 e. The summed E-state index contributed by atoms with van der Waals surface area (Å²) in [4.78, 5) is 26.6. The molecule has 1 atom stereocenters. The Labute approximate surface area is 153 Å². The second-order valence-corrected chi connectivity index (χ2v) is 5.96. The van der Waals surface area contributed by atoms with Crippen LogP contribution in [0.25, 0.3) is 5.69 Å². The number of nitro groups is 1. The van der Waals surface area contributed by atoms with Crippen LogP contribution in [0.2, 0.25) is 5.02 Å². The summed E-state index contributed by atoms with van der Waals surface area (Å²) in [5, 5.41) is 17.8. The molecule has 26 heavy (non-hydrogen) atoms. The molecule has 1 amide bonds. The third-order valence-electron chi connectivity index (χ3n) is 3.83. The van der Waals surface area contributed by atoms with E-state index in [-0.39, 0.29) is 22.3 Å².